The van der Waals surface area contributed by atoms with E-state index in [4.69, 9.17) is 9.47 Å². The van der Waals surface area contributed by atoms with E-state index >= 15 is 0 Å². The summed E-state index contributed by atoms with van der Waals surface area (Å²) < 4.78 is 68.9. The molecule has 36 heavy (non-hydrogen) atoms. The summed E-state index contributed by atoms with van der Waals surface area (Å²) in [7, 11) is 0. The van der Waals surface area contributed by atoms with Crippen LogP contribution < -0.4 is 0 Å². The van der Waals surface area contributed by atoms with E-state index in [-0.39, 0.29) is 35.0 Å². The van der Waals surface area contributed by atoms with E-state index in [1.165, 1.54) is 42.5 Å². The van der Waals surface area contributed by atoms with Crippen molar-refractivity contribution in [2.24, 2.45) is 0 Å². The molecule has 0 spiro atoms. The molecule has 0 aliphatic heterocycles. The Morgan fingerprint density at radius 2 is 1.56 bits per heavy atom. The highest BCUT2D eigenvalue weighted by molar-refractivity contribution is 5.90. The molecule has 1 N–H and O–H groups in total. The topological polar surface area (TPSA) is 55.8 Å². The Balaban J connectivity index is 1.39. The van der Waals surface area contributed by atoms with Gasteiger partial charge in [-0.3, -0.25) is 0 Å². The lowest BCUT2D eigenvalue weighted by Crippen LogP contribution is -2.25. The Morgan fingerprint density at radius 3 is 2.22 bits per heavy atom. The average Bonchev–Trinajstić information content (AvgIpc) is 2.88. The van der Waals surface area contributed by atoms with Crippen LogP contribution in [0.25, 0.3) is 11.1 Å². The van der Waals surface area contributed by atoms with Crippen molar-refractivity contribution in [2.75, 3.05) is 6.61 Å². The molecule has 0 atom stereocenters. The Morgan fingerprint density at radius 1 is 0.861 bits per heavy atom. The minimum atomic E-state index is -1.28. The molecule has 0 saturated heterocycles. The molecular weight excluding hydrogens is 476 g/mol. The first-order valence-electron chi connectivity index (χ1n) is 11.8. The summed E-state index contributed by atoms with van der Waals surface area (Å²) in [5.41, 5.74) is 0.309. The molecule has 3 aromatic carbocycles. The van der Waals surface area contributed by atoms with Crippen LogP contribution in [-0.4, -0.2) is 23.8 Å². The van der Waals surface area contributed by atoms with Crippen molar-refractivity contribution in [3.63, 3.8) is 0 Å². The SMILES string of the molecule is CCOCc1ccc(C(=O)OC2CCC(c3ccc(-c4ccc(O)cc4)c(F)c3F)CC2)c(F)c1F. The fraction of sp³-hybridized carbons (Fsp3) is 0.321. The van der Waals surface area contributed by atoms with Crippen LogP contribution in [0.3, 0.4) is 0 Å². The van der Waals surface area contributed by atoms with E-state index in [0.717, 1.165) is 0 Å². The molecule has 1 aliphatic rings. The summed E-state index contributed by atoms with van der Waals surface area (Å²) >= 11 is 0. The minimum absolute atomic E-state index is 0.0112. The molecule has 0 unspecified atom stereocenters. The zero-order valence-electron chi connectivity index (χ0n) is 19.7. The molecule has 0 amide bonds. The summed E-state index contributed by atoms with van der Waals surface area (Å²) in [4.78, 5) is 12.5. The normalized spacial score (nSPS) is 17.7. The fourth-order valence-electron chi connectivity index (χ4n) is 4.52. The predicted octanol–water partition coefficient (Wildman–Crippen LogP) is 7.04. The third-order valence-corrected chi connectivity index (χ3v) is 6.52. The van der Waals surface area contributed by atoms with Crippen LogP contribution in [0, 0.1) is 23.3 Å². The number of carbonyl (C=O) groups excluding carboxylic acids is 1. The van der Waals surface area contributed by atoms with E-state index in [1.807, 2.05) is 0 Å². The molecule has 0 heterocycles. The van der Waals surface area contributed by atoms with Gasteiger partial charge in [-0.05, 0) is 67.9 Å². The monoisotopic (exact) mass is 502 g/mol. The largest absolute Gasteiger partial charge is 0.508 e. The second-order valence-electron chi connectivity index (χ2n) is 8.79. The second kappa shape index (κ2) is 11.1. The first kappa shape index (κ1) is 25.7. The number of hydrogen-bond acceptors (Lipinski definition) is 4. The lowest BCUT2D eigenvalue weighted by atomic mass is 9.82. The number of benzene rings is 3. The molecule has 0 aromatic heterocycles. The quantitative estimate of drug-likeness (QED) is 0.278. The van der Waals surface area contributed by atoms with Gasteiger partial charge in [-0.25, -0.2) is 22.4 Å². The van der Waals surface area contributed by atoms with E-state index in [1.54, 1.807) is 13.0 Å². The zero-order valence-corrected chi connectivity index (χ0v) is 19.7. The number of aromatic hydroxyl groups is 1. The van der Waals surface area contributed by atoms with Crippen LogP contribution in [0.5, 0.6) is 5.75 Å². The lowest BCUT2D eigenvalue weighted by Gasteiger charge is -2.29. The number of ether oxygens (including phenoxy) is 2. The van der Waals surface area contributed by atoms with E-state index in [0.29, 0.717) is 37.9 Å². The van der Waals surface area contributed by atoms with Gasteiger partial charge in [0, 0.05) is 17.7 Å². The van der Waals surface area contributed by atoms with Crippen molar-refractivity contribution in [2.45, 2.75) is 51.2 Å². The van der Waals surface area contributed by atoms with E-state index < -0.39 is 40.9 Å². The van der Waals surface area contributed by atoms with Gasteiger partial charge in [0.1, 0.15) is 11.9 Å². The van der Waals surface area contributed by atoms with Crippen molar-refractivity contribution < 1.29 is 36.9 Å². The summed E-state index contributed by atoms with van der Waals surface area (Å²) in [6.45, 7) is 1.96. The number of halogens is 4. The van der Waals surface area contributed by atoms with Crippen LogP contribution in [0.2, 0.25) is 0 Å². The standard InChI is InChI=1S/C28H26F4O4/c1-2-35-15-18-7-12-23(27(32)24(18)29)28(34)36-20-10-5-17(6-11-20)22-14-13-21(25(30)26(22)31)16-3-8-19(33)9-4-16/h3-4,7-9,12-14,17,20,33H,2,5-6,10-11,15H2,1H3. The molecule has 0 bridgehead atoms. The highest BCUT2D eigenvalue weighted by Crippen LogP contribution is 2.38. The molecule has 1 fully saturated rings. The van der Waals surface area contributed by atoms with Crippen LogP contribution in [-0.2, 0) is 16.1 Å². The Hall–Kier alpha value is -3.39. The average molecular weight is 503 g/mol. The Kier molecular flexibility index (Phi) is 7.94. The van der Waals surface area contributed by atoms with Gasteiger partial charge in [0.25, 0.3) is 0 Å². The Bertz CT molecular complexity index is 1240. The molecular formula is C28H26F4O4. The number of phenolic OH excluding ortho intramolecular Hbond substituents is 1. The van der Waals surface area contributed by atoms with Crippen LogP contribution in [0.15, 0.2) is 48.5 Å². The minimum Gasteiger partial charge on any atom is -0.508 e. The number of rotatable bonds is 7. The summed E-state index contributed by atoms with van der Waals surface area (Å²) in [6.07, 6.45) is 1.10. The lowest BCUT2D eigenvalue weighted by molar-refractivity contribution is 0.0188. The molecule has 8 heteroatoms. The first-order valence-corrected chi connectivity index (χ1v) is 11.8. The van der Waals surface area contributed by atoms with Gasteiger partial charge in [-0.2, -0.15) is 0 Å². The van der Waals surface area contributed by atoms with Gasteiger partial charge in [0.15, 0.2) is 23.3 Å². The maximum absolute atomic E-state index is 14.9. The van der Waals surface area contributed by atoms with Crippen LogP contribution >= 0.6 is 0 Å². The summed E-state index contributed by atoms with van der Waals surface area (Å²) in [5.74, 6) is -5.52. The van der Waals surface area contributed by atoms with E-state index in [2.05, 4.69) is 0 Å². The molecule has 4 rings (SSSR count). The molecule has 3 aromatic rings. The van der Waals surface area contributed by atoms with Gasteiger partial charge in [-0.15, -0.1) is 0 Å². The van der Waals surface area contributed by atoms with E-state index in [9.17, 15) is 27.5 Å². The van der Waals surface area contributed by atoms with Crippen molar-refractivity contribution in [1.82, 2.24) is 0 Å². The molecule has 0 radical (unpaired) electrons. The first-order chi connectivity index (χ1) is 17.3. The third-order valence-electron chi connectivity index (χ3n) is 6.52. The van der Waals surface area contributed by atoms with Gasteiger partial charge in [0.2, 0.25) is 0 Å². The van der Waals surface area contributed by atoms with Gasteiger partial charge >= 0.3 is 5.97 Å². The van der Waals surface area contributed by atoms with Gasteiger partial charge in [-0.1, -0.05) is 30.3 Å². The number of hydrogen-bond donors (Lipinski definition) is 1. The Labute approximate surface area is 206 Å². The van der Waals surface area contributed by atoms with Crippen molar-refractivity contribution in [3.8, 4) is 16.9 Å². The van der Waals surface area contributed by atoms with Crippen LogP contribution in [0.4, 0.5) is 17.6 Å². The zero-order chi connectivity index (χ0) is 25.8. The summed E-state index contributed by atoms with van der Waals surface area (Å²) in [5, 5.41) is 9.41. The molecule has 1 saturated carbocycles. The number of phenols is 1. The van der Waals surface area contributed by atoms with Crippen LogP contribution in [0.1, 0.15) is 60.0 Å². The highest BCUT2D eigenvalue weighted by atomic mass is 19.2. The fourth-order valence-corrected chi connectivity index (χ4v) is 4.52. The highest BCUT2D eigenvalue weighted by Gasteiger charge is 2.29. The summed E-state index contributed by atoms with van der Waals surface area (Å²) in [6, 6.07) is 11.4. The third kappa shape index (κ3) is 5.38. The molecule has 4 nitrogen and oxygen atoms in total. The number of carbonyl (C=O) groups is 1. The smallest absolute Gasteiger partial charge is 0.341 e. The maximum atomic E-state index is 14.9. The maximum Gasteiger partial charge on any atom is 0.341 e. The number of esters is 1. The van der Waals surface area contributed by atoms with Crippen molar-refractivity contribution in [1.29, 1.82) is 0 Å². The predicted molar refractivity (Wildman–Crippen MR) is 126 cm³/mol. The molecule has 1 aliphatic carbocycles. The van der Waals surface area contributed by atoms with Crippen molar-refractivity contribution in [3.05, 3.63) is 88.5 Å². The molecule has 190 valence electrons. The second-order valence-corrected chi connectivity index (χ2v) is 8.79. The van der Waals surface area contributed by atoms with Crippen molar-refractivity contribution >= 4 is 5.97 Å². The van der Waals surface area contributed by atoms with Gasteiger partial charge in [0.05, 0.1) is 12.2 Å². The van der Waals surface area contributed by atoms with Gasteiger partial charge < -0.3 is 14.6 Å².